The third-order valence-electron chi connectivity index (χ3n) is 6.92. The van der Waals surface area contributed by atoms with E-state index in [1.165, 1.54) is 48.6 Å². The van der Waals surface area contributed by atoms with Crippen LogP contribution >= 0.6 is 0 Å². The van der Waals surface area contributed by atoms with E-state index in [4.69, 9.17) is 10.1 Å². The lowest BCUT2D eigenvalue weighted by atomic mass is 9.96. The predicted molar refractivity (Wildman–Crippen MR) is 115 cm³/mol. The summed E-state index contributed by atoms with van der Waals surface area (Å²) in [6, 6.07) is 2.07. The SMILES string of the molecule is Cn1ccnc1-c1cc2nc3c(c(N4CCn5c(nnc5C5CC5)C4)n2n1)CCCC3. The number of imidazole rings is 1. The molecule has 0 amide bonds. The molecule has 0 saturated heterocycles. The minimum absolute atomic E-state index is 0.625. The van der Waals surface area contributed by atoms with Crippen molar-refractivity contribution in [3.05, 3.63) is 41.4 Å². The summed E-state index contributed by atoms with van der Waals surface area (Å²) in [5.41, 5.74) is 4.34. The van der Waals surface area contributed by atoms with Crippen LogP contribution in [-0.4, -0.2) is 45.5 Å². The van der Waals surface area contributed by atoms with Crippen LogP contribution in [0.1, 0.15) is 54.5 Å². The van der Waals surface area contributed by atoms with Crippen LogP contribution in [0.25, 0.3) is 17.2 Å². The first kappa shape index (κ1) is 17.5. The fourth-order valence-corrected chi connectivity index (χ4v) is 5.18. The molecule has 9 heteroatoms. The molecule has 3 aliphatic rings. The molecule has 0 bridgehead atoms. The molecule has 0 unspecified atom stereocenters. The lowest BCUT2D eigenvalue weighted by molar-refractivity contribution is 0.531. The van der Waals surface area contributed by atoms with Gasteiger partial charge in [-0.25, -0.2) is 9.97 Å². The van der Waals surface area contributed by atoms with Crippen LogP contribution in [-0.2, 0) is 33.0 Å². The smallest absolute Gasteiger partial charge is 0.160 e. The van der Waals surface area contributed by atoms with E-state index in [0.717, 1.165) is 55.5 Å². The topological polar surface area (TPSA) is 82.0 Å². The zero-order valence-corrected chi connectivity index (χ0v) is 17.7. The summed E-state index contributed by atoms with van der Waals surface area (Å²) in [7, 11) is 2.00. The van der Waals surface area contributed by atoms with Crippen LogP contribution in [0.2, 0.25) is 0 Å². The van der Waals surface area contributed by atoms with Crippen molar-refractivity contribution in [2.45, 2.75) is 57.5 Å². The van der Waals surface area contributed by atoms with Gasteiger partial charge in [-0.3, -0.25) is 0 Å². The number of aryl methyl sites for hydroxylation is 2. The van der Waals surface area contributed by atoms with Gasteiger partial charge in [0.1, 0.15) is 17.3 Å². The van der Waals surface area contributed by atoms with E-state index in [0.29, 0.717) is 5.92 Å². The standard InChI is InChI=1S/C22H25N9/c1-28-9-8-23-21(28)17-12-18-24-16-5-3-2-4-15(16)22(31(18)27-17)29-10-11-30-19(13-29)25-26-20(30)14-6-7-14/h8-9,12,14H,2-7,10-11,13H2,1H3. The summed E-state index contributed by atoms with van der Waals surface area (Å²) in [6.07, 6.45) is 10.8. The fraction of sp³-hybridized carbons (Fsp3) is 0.500. The Labute approximate surface area is 179 Å². The highest BCUT2D eigenvalue weighted by Gasteiger charge is 2.33. The summed E-state index contributed by atoms with van der Waals surface area (Å²) in [6.45, 7) is 2.64. The van der Waals surface area contributed by atoms with Crippen molar-refractivity contribution in [2.75, 3.05) is 11.4 Å². The average Bonchev–Trinajstić information content (AvgIpc) is 3.19. The Bertz CT molecular complexity index is 1310. The molecule has 1 aliphatic heterocycles. The zero-order chi connectivity index (χ0) is 20.5. The van der Waals surface area contributed by atoms with E-state index in [2.05, 4.69) is 30.7 Å². The molecule has 1 fully saturated rings. The highest BCUT2D eigenvalue weighted by molar-refractivity contribution is 5.64. The van der Waals surface area contributed by atoms with Crippen LogP contribution in [0.15, 0.2) is 18.5 Å². The van der Waals surface area contributed by atoms with E-state index in [1.54, 1.807) is 0 Å². The Kier molecular flexibility index (Phi) is 3.59. The quantitative estimate of drug-likeness (QED) is 0.511. The van der Waals surface area contributed by atoms with Crippen LogP contribution in [0.4, 0.5) is 5.82 Å². The molecule has 5 heterocycles. The summed E-state index contributed by atoms with van der Waals surface area (Å²) in [5, 5.41) is 14.1. The van der Waals surface area contributed by atoms with Crippen molar-refractivity contribution >= 4 is 11.5 Å². The lowest BCUT2D eigenvalue weighted by Crippen LogP contribution is -2.37. The third-order valence-corrected chi connectivity index (χ3v) is 6.92. The number of nitrogens with zero attached hydrogens (tertiary/aromatic N) is 9. The van der Waals surface area contributed by atoms with Gasteiger partial charge < -0.3 is 14.0 Å². The van der Waals surface area contributed by atoms with Crippen molar-refractivity contribution < 1.29 is 0 Å². The van der Waals surface area contributed by atoms with Crippen molar-refractivity contribution in [1.29, 1.82) is 0 Å². The molecule has 0 aromatic carbocycles. The Balaban J connectivity index is 1.37. The minimum atomic E-state index is 0.625. The minimum Gasteiger partial charge on any atom is -0.347 e. The molecule has 0 radical (unpaired) electrons. The molecule has 9 nitrogen and oxygen atoms in total. The molecule has 0 atom stereocenters. The first-order chi connectivity index (χ1) is 15.3. The van der Waals surface area contributed by atoms with Gasteiger partial charge in [0.05, 0.1) is 6.54 Å². The maximum atomic E-state index is 5.01. The highest BCUT2D eigenvalue weighted by Crippen LogP contribution is 2.40. The van der Waals surface area contributed by atoms with Crippen LogP contribution < -0.4 is 4.90 Å². The second kappa shape index (κ2) is 6.38. The van der Waals surface area contributed by atoms with Gasteiger partial charge in [0.25, 0.3) is 0 Å². The fourth-order valence-electron chi connectivity index (χ4n) is 5.18. The average molecular weight is 416 g/mol. The monoisotopic (exact) mass is 415 g/mol. The maximum absolute atomic E-state index is 5.01. The van der Waals surface area contributed by atoms with Crippen LogP contribution in [0.5, 0.6) is 0 Å². The van der Waals surface area contributed by atoms with Crippen LogP contribution in [0.3, 0.4) is 0 Å². The second-order valence-corrected chi connectivity index (χ2v) is 9.05. The molecule has 0 spiro atoms. The zero-order valence-electron chi connectivity index (χ0n) is 17.7. The van der Waals surface area contributed by atoms with E-state index < -0.39 is 0 Å². The largest absolute Gasteiger partial charge is 0.347 e. The first-order valence-corrected chi connectivity index (χ1v) is 11.3. The molecular formula is C22H25N9. The van der Waals surface area contributed by atoms with Gasteiger partial charge in [-0.1, -0.05) is 0 Å². The Morgan fingerprint density at radius 2 is 1.97 bits per heavy atom. The summed E-state index contributed by atoms with van der Waals surface area (Å²) >= 11 is 0. The first-order valence-electron chi connectivity index (χ1n) is 11.3. The highest BCUT2D eigenvalue weighted by atomic mass is 15.4. The van der Waals surface area contributed by atoms with Crippen molar-refractivity contribution in [3.8, 4) is 11.5 Å². The molecular weight excluding hydrogens is 390 g/mol. The van der Waals surface area contributed by atoms with Crippen molar-refractivity contribution in [2.24, 2.45) is 7.05 Å². The number of aromatic nitrogens is 8. The Morgan fingerprint density at radius 3 is 2.81 bits per heavy atom. The van der Waals surface area contributed by atoms with E-state index >= 15 is 0 Å². The Morgan fingerprint density at radius 1 is 1.06 bits per heavy atom. The normalized spacial score (nSPS) is 18.4. The van der Waals surface area contributed by atoms with Crippen molar-refractivity contribution in [1.82, 2.24) is 38.9 Å². The molecule has 1 saturated carbocycles. The van der Waals surface area contributed by atoms with Gasteiger partial charge in [-0.2, -0.15) is 9.61 Å². The number of fused-ring (bicyclic) bond motifs is 3. The molecule has 0 N–H and O–H groups in total. The van der Waals surface area contributed by atoms with E-state index in [-0.39, 0.29) is 0 Å². The summed E-state index contributed by atoms with van der Waals surface area (Å²) in [5.74, 6) is 4.93. The Hall–Kier alpha value is -3.23. The van der Waals surface area contributed by atoms with Gasteiger partial charge >= 0.3 is 0 Å². The van der Waals surface area contributed by atoms with Crippen LogP contribution in [0, 0.1) is 0 Å². The molecule has 2 aliphatic carbocycles. The second-order valence-electron chi connectivity index (χ2n) is 9.05. The molecule has 31 heavy (non-hydrogen) atoms. The predicted octanol–water partition coefficient (Wildman–Crippen LogP) is 2.50. The number of anilines is 1. The van der Waals surface area contributed by atoms with Crippen molar-refractivity contribution in [3.63, 3.8) is 0 Å². The van der Waals surface area contributed by atoms with E-state index in [9.17, 15) is 0 Å². The van der Waals surface area contributed by atoms with Gasteiger partial charge in [0, 0.05) is 55.8 Å². The number of hydrogen-bond donors (Lipinski definition) is 0. The molecule has 4 aromatic heterocycles. The summed E-state index contributed by atoms with van der Waals surface area (Å²) in [4.78, 5) is 12.0. The number of rotatable bonds is 3. The van der Waals surface area contributed by atoms with Gasteiger partial charge in [0.2, 0.25) is 0 Å². The van der Waals surface area contributed by atoms with Gasteiger partial charge in [-0.05, 0) is 38.5 Å². The third kappa shape index (κ3) is 2.65. The van der Waals surface area contributed by atoms with E-state index in [1.807, 2.05) is 28.5 Å². The van der Waals surface area contributed by atoms with Gasteiger partial charge in [-0.15, -0.1) is 10.2 Å². The lowest BCUT2D eigenvalue weighted by Gasteiger charge is -2.32. The summed E-state index contributed by atoms with van der Waals surface area (Å²) < 4.78 is 6.40. The molecule has 7 rings (SSSR count). The number of hydrogen-bond acceptors (Lipinski definition) is 6. The van der Waals surface area contributed by atoms with Gasteiger partial charge in [0.15, 0.2) is 17.3 Å². The maximum Gasteiger partial charge on any atom is 0.160 e. The molecule has 4 aromatic rings. The molecule has 158 valence electrons.